The Balaban J connectivity index is 2.72. The number of benzene rings is 1. The molecule has 1 aromatic carbocycles. The predicted octanol–water partition coefficient (Wildman–Crippen LogP) is 0.898. The van der Waals surface area contributed by atoms with Gasteiger partial charge in [-0.3, -0.25) is 4.79 Å². The van der Waals surface area contributed by atoms with E-state index in [1.807, 2.05) is 0 Å². The molecular weight excluding hydrogens is 328 g/mol. The van der Waals surface area contributed by atoms with Crippen LogP contribution in [0.1, 0.15) is 6.42 Å². The minimum absolute atomic E-state index is 0.0655. The second kappa shape index (κ2) is 8.38. The van der Waals surface area contributed by atoms with Gasteiger partial charge in [0, 0.05) is 24.3 Å². The molecule has 0 aliphatic rings. The van der Waals surface area contributed by atoms with E-state index in [1.54, 1.807) is 6.07 Å². The fourth-order valence-corrected chi connectivity index (χ4v) is 2.07. The highest BCUT2D eigenvalue weighted by atomic mass is 35.5. The van der Waals surface area contributed by atoms with Gasteiger partial charge in [0.15, 0.2) is 0 Å². The summed E-state index contributed by atoms with van der Waals surface area (Å²) >= 11 is 5.51. The molecule has 0 spiro atoms. The molecule has 1 rings (SSSR count). The Morgan fingerprint density at radius 2 is 2.00 bits per heavy atom. The first kappa shape index (κ1) is 18.0. The number of sulfonamides is 1. The maximum atomic E-state index is 11.9. The van der Waals surface area contributed by atoms with Gasteiger partial charge in [0.2, 0.25) is 10.0 Å². The van der Waals surface area contributed by atoms with Gasteiger partial charge in [-0.25, -0.2) is 13.6 Å². The van der Waals surface area contributed by atoms with Gasteiger partial charge in [-0.1, -0.05) is 0 Å². The third-order valence-electron chi connectivity index (χ3n) is 2.51. The Kier molecular flexibility index (Phi) is 6.85. The van der Waals surface area contributed by atoms with Gasteiger partial charge in [0.05, 0.1) is 4.90 Å². The van der Waals surface area contributed by atoms with Gasteiger partial charge in [-0.05, 0) is 30.7 Å². The van der Waals surface area contributed by atoms with E-state index in [-0.39, 0.29) is 10.5 Å². The van der Waals surface area contributed by atoms with Crippen molar-refractivity contribution in [2.45, 2.75) is 11.3 Å². The van der Waals surface area contributed by atoms with Crippen LogP contribution < -0.4 is 15.8 Å². The standard InChI is InChI=1S/C13H15ClN4O3S/c14-6-1-7-17-9-10(8-15)13(19)18-11-2-4-12(5-3-11)22(16,20)21/h2-5,9,17H,1,6-7H2,(H,18,19)(H2,16,20,21)/b10-9-. The number of nitrogens with zero attached hydrogens (tertiary/aromatic N) is 1. The molecular formula is C13H15ClN4O3S. The summed E-state index contributed by atoms with van der Waals surface area (Å²) in [5.41, 5.74) is 0.240. The lowest BCUT2D eigenvalue weighted by molar-refractivity contribution is -0.112. The second-order valence-corrected chi connectivity index (χ2v) is 6.13. The van der Waals surface area contributed by atoms with E-state index in [9.17, 15) is 13.2 Å². The van der Waals surface area contributed by atoms with Crippen molar-refractivity contribution in [2.75, 3.05) is 17.7 Å². The third kappa shape index (κ3) is 5.73. The highest BCUT2D eigenvalue weighted by Crippen LogP contribution is 2.13. The molecule has 1 amide bonds. The van der Waals surface area contributed by atoms with Crippen LogP contribution in [0.15, 0.2) is 40.9 Å². The zero-order valence-electron chi connectivity index (χ0n) is 11.5. The second-order valence-electron chi connectivity index (χ2n) is 4.19. The van der Waals surface area contributed by atoms with E-state index < -0.39 is 15.9 Å². The Morgan fingerprint density at radius 3 is 2.50 bits per heavy atom. The van der Waals surface area contributed by atoms with Crippen LogP contribution >= 0.6 is 11.6 Å². The monoisotopic (exact) mass is 342 g/mol. The average Bonchev–Trinajstić information content (AvgIpc) is 2.47. The Bertz CT molecular complexity index is 693. The van der Waals surface area contributed by atoms with E-state index in [0.29, 0.717) is 24.5 Å². The molecule has 0 fully saturated rings. The number of nitrogens with two attached hydrogens (primary N) is 1. The smallest absolute Gasteiger partial charge is 0.267 e. The number of nitriles is 1. The molecule has 0 saturated carbocycles. The molecule has 0 atom stereocenters. The van der Waals surface area contributed by atoms with Gasteiger partial charge < -0.3 is 10.6 Å². The molecule has 0 saturated heterocycles. The van der Waals surface area contributed by atoms with E-state index in [2.05, 4.69) is 10.6 Å². The van der Waals surface area contributed by atoms with Crippen molar-refractivity contribution >= 4 is 33.2 Å². The number of nitrogens with one attached hydrogen (secondary N) is 2. The van der Waals surface area contributed by atoms with Crippen LogP contribution in [0.25, 0.3) is 0 Å². The molecule has 22 heavy (non-hydrogen) atoms. The zero-order chi connectivity index (χ0) is 16.6. The summed E-state index contributed by atoms with van der Waals surface area (Å²) in [6.45, 7) is 0.547. The highest BCUT2D eigenvalue weighted by Gasteiger charge is 2.11. The number of carbonyl (C=O) groups is 1. The van der Waals surface area contributed by atoms with Crippen molar-refractivity contribution in [3.8, 4) is 6.07 Å². The molecule has 0 heterocycles. The number of anilines is 1. The van der Waals surface area contributed by atoms with Crippen LogP contribution in [0.5, 0.6) is 0 Å². The molecule has 1 aromatic rings. The van der Waals surface area contributed by atoms with Gasteiger partial charge in [-0.2, -0.15) is 5.26 Å². The van der Waals surface area contributed by atoms with Crippen molar-refractivity contribution < 1.29 is 13.2 Å². The van der Waals surface area contributed by atoms with Crippen molar-refractivity contribution in [2.24, 2.45) is 5.14 Å². The van der Waals surface area contributed by atoms with Gasteiger partial charge in [0.25, 0.3) is 5.91 Å². The van der Waals surface area contributed by atoms with Crippen LogP contribution in [0.4, 0.5) is 5.69 Å². The van der Waals surface area contributed by atoms with Crippen LogP contribution in [0, 0.1) is 11.3 Å². The third-order valence-corrected chi connectivity index (χ3v) is 3.70. The molecule has 7 nitrogen and oxygen atoms in total. The number of rotatable bonds is 7. The van der Waals surface area contributed by atoms with Crippen LogP contribution in [0.2, 0.25) is 0 Å². The first-order valence-electron chi connectivity index (χ1n) is 6.22. The SMILES string of the molecule is N#C/C(=C/NCCCCl)C(=O)Nc1ccc(S(N)(=O)=O)cc1. The van der Waals surface area contributed by atoms with Crippen LogP contribution in [-0.2, 0) is 14.8 Å². The fraction of sp³-hybridized carbons (Fsp3) is 0.231. The van der Waals surface area contributed by atoms with Gasteiger partial charge in [0.1, 0.15) is 11.6 Å². The first-order chi connectivity index (χ1) is 10.4. The number of halogens is 1. The Morgan fingerprint density at radius 1 is 1.36 bits per heavy atom. The van der Waals surface area contributed by atoms with E-state index in [0.717, 1.165) is 0 Å². The molecule has 0 aliphatic carbocycles. The summed E-state index contributed by atoms with van der Waals surface area (Å²) in [5.74, 6) is -0.130. The molecule has 0 aromatic heterocycles. The number of amides is 1. The fourth-order valence-electron chi connectivity index (χ4n) is 1.42. The molecule has 9 heteroatoms. The number of hydrogen-bond acceptors (Lipinski definition) is 5. The van der Waals surface area contributed by atoms with E-state index in [4.69, 9.17) is 22.0 Å². The van der Waals surface area contributed by atoms with Crippen LogP contribution in [0.3, 0.4) is 0 Å². The molecule has 4 N–H and O–H groups in total. The quantitative estimate of drug-likeness (QED) is 0.294. The van der Waals surface area contributed by atoms with Crippen molar-refractivity contribution in [1.82, 2.24) is 5.32 Å². The maximum Gasteiger partial charge on any atom is 0.267 e. The summed E-state index contributed by atoms with van der Waals surface area (Å²) < 4.78 is 22.2. The summed E-state index contributed by atoms with van der Waals surface area (Å²) in [6.07, 6.45) is 2.01. The summed E-state index contributed by atoms with van der Waals surface area (Å²) in [7, 11) is -3.78. The summed E-state index contributed by atoms with van der Waals surface area (Å²) in [6, 6.07) is 7.06. The summed E-state index contributed by atoms with van der Waals surface area (Å²) in [5, 5.41) is 19.2. The molecule has 0 aliphatic heterocycles. The lowest BCUT2D eigenvalue weighted by atomic mass is 10.2. The largest absolute Gasteiger partial charge is 0.390 e. The first-order valence-corrected chi connectivity index (χ1v) is 8.30. The van der Waals surface area contributed by atoms with E-state index in [1.165, 1.54) is 30.5 Å². The topological polar surface area (TPSA) is 125 Å². The van der Waals surface area contributed by atoms with Crippen LogP contribution in [-0.4, -0.2) is 26.7 Å². The average molecular weight is 343 g/mol. The minimum Gasteiger partial charge on any atom is -0.390 e. The minimum atomic E-state index is -3.78. The Hall–Kier alpha value is -2.08. The van der Waals surface area contributed by atoms with Gasteiger partial charge in [-0.15, -0.1) is 11.6 Å². The number of primary sulfonamides is 1. The molecule has 0 bridgehead atoms. The zero-order valence-corrected chi connectivity index (χ0v) is 13.1. The number of carbonyl (C=O) groups excluding carboxylic acids is 1. The predicted molar refractivity (Wildman–Crippen MR) is 83.5 cm³/mol. The Labute approximate surface area is 133 Å². The number of alkyl halides is 1. The van der Waals surface area contributed by atoms with Gasteiger partial charge >= 0.3 is 0 Å². The van der Waals surface area contributed by atoms with E-state index >= 15 is 0 Å². The normalized spacial score (nSPS) is 11.6. The highest BCUT2D eigenvalue weighted by molar-refractivity contribution is 7.89. The molecule has 0 unspecified atom stereocenters. The van der Waals surface area contributed by atoms with Crippen molar-refractivity contribution in [3.05, 3.63) is 36.0 Å². The molecule has 0 radical (unpaired) electrons. The summed E-state index contributed by atoms with van der Waals surface area (Å²) in [4.78, 5) is 11.8. The van der Waals surface area contributed by atoms with Crippen molar-refractivity contribution in [3.63, 3.8) is 0 Å². The number of hydrogen-bond donors (Lipinski definition) is 3. The maximum absolute atomic E-state index is 11.9. The molecule has 118 valence electrons. The van der Waals surface area contributed by atoms with Crippen molar-refractivity contribution in [1.29, 1.82) is 5.26 Å². The lowest BCUT2D eigenvalue weighted by Gasteiger charge is -2.05. The lowest BCUT2D eigenvalue weighted by Crippen LogP contribution is -2.17.